The van der Waals surface area contributed by atoms with E-state index >= 15 is 0 Å². The minimum Gasteiger partial charge on any atom is -0.373 e. The Balaban J connectivity index is 1.44. The first-order valence-corrected chi connectivity index (χ1v) is 11.2. The van der Waals surface area contributed by atoms with Crippen LogP contribution in [0.2, 0.25) is 0 Å². The molecule has 7 nitrogen and oxygen atoms in total. The molecule has 2 aliphatic rings. The van der Waals surface area contributed by atoms with Gasteiger partial charge in [-0.2, -0.15) is 0 Å². The number of benzene rings is 1. The van der Waals surface area contributed by atoms with Gasteiger partial charge >= 0.3 is 0 Å². The van der Waals surface area contributed by atoms with Gasteiger partial charge in [-0.1, -0.05) is 0 Å². The van der Waals surface area contributed by atoms with Gasteiger partial charge in [-0.15, -0.1) is 0 Å². The molecule has 1 N–H and O–H groups in total. The highest BCUT2D eigenvalue weighted by molar-refractivity contribution is 7.93. The summed E-state index contributed by atoms with van der Waals surface area (Å²) in [6.45, 7) is 8.08. The van der Waals surface area contributed by atoms with E-state index in [1.807, 2.05) is 0 Å². The zero-order chi connectivity index (χ0) is 19.4. The van der Waals surface area contributed by atoms with Crippen molar-refractivity contribution in [3.05, 3.63) is 29.8 Å². The highest BCUT2D eigenvalue weighted by atomic mass is 32.2. The Labute approximate surface area is 161 Å². The Morgan fingerprint density at radius 2 is 1.85 bits per heavy atom. The zero-order valence-corrected chi connectivity index (χ0v) is 16.9. The molecular weight excluding hydrogens is 366 g/mol. The molecule has 2 saturated heterocycles. The van der Waals surface area contributed by atoms with Crippen molar-refractivity contribution in [2.75, 3.05) is 42.8 Å². The summed E-state index contributed by atoms with van der Waals surface area (Å²) >= 11 is 0. The van der Waals surface area contributed by atoms with Crippen LogP contribution >= 0.6 is 0 Å². The first kappa shape index (κ1) is 20.1. The second-order valence-electron chi connectivity index (χ2n) is 7.41. The Morgan fingerprint density at radius 3 is 2.44 bits per heavy atom. The average Bonchev–Trinajstić information content (AvgIpc) is 2.97. The number of morpholine rings is 1. The number of nitrogens with zero attached hydrogens (tertiary/aromatic N) is 2. The third-order valence-electron chi connectivity index (χ3n) is 4.95. The van der Waals surface area contributed by atoms with Crippen LogP contribution in [0, 0.1) is 0 Å². The fourth-order valence-corrected chi connectivity index (χ4v) is 5.35. The van der Waals surface area contributed by atoms with Gasteiger partial charge in [-0.05, 0) is 51.0 Å². The third-order valence-corrected chi connectivity index (χ3v) is 6.82. The smallest absolute Gasteiger partial charge is 0.251 e. The summed E-state index contributed by atoms with van der Waals surface area (Å²) in [4.78, 5) is 14.7. The molecule has 2 fully saturated rings. The number of hydrogen-bond acceptors (Lipinski definition) is 5. The molecule has 150 valence electrons. The molecule has 0 radical (unpaired) electrons. The molecule has 0 spiro atoms. The number of carbonyl (C=O) groups excluding carboxylic acids is 1. The maximum Gasteiger partial charge on any atom is 0.251 e. The molecule has 1 aromatic rings. The number of nitrogens with one attached hydrogen (secondary N) is 1. The van der Waals surface area contributed by atoms with Gasteiger partial charge in [-0.3, -0.25) is 14.0 Å². The molecule has 2 atom stereocenters. The first-order chi connectivity index (χ1) is 12.8. The van der Waals surface area contributed by atoms with Gasteiger partial charge in [0.05, 0.1) is 23.6 Å². The standard InChI is InChI=1S/C19H29N3O4S/c1-15-13-21(14-16(2)26-15)10-3-9-20-19(23)17-5-7-18(8-6-17)22-11-4-12-27(22,24)25/h5-8,15-16H,3-4,9-14H2,1-2H3,(H,20,23). The molecule has 0 aliphatic carbocycles. The first-order valence-electron chi connectivity index (χ1n) is 9.61. The second kappa shape index (κ2) is 8.58. The predicted octanol–water partition coefficient (Wildman–Crippen LogP) is 1.46. The molecular formula is C19H29N3O4S. The van der Waals surface area contributed by atoms with Crippen LogP contribution in [0.4, 0.5) is 5.69 Å². The Hall–Kier alpha value is -1.64. The highest BCUT2D eigenvalue weighted by Gasteiger charge is 2.28. The lowest BCUT2D eigenvalue weighted by Gasteiger charge is -2.35. The minimum atomic E-state index is -3.19. The fourth-order valence-electron chi connectivity index (χ4n) is 3.78. The van der Waals surface area contributed by atoms with Crippen molar-refractivity contribution in [1.29, 1.82) is 0 Å². The topological polar surface area (TPSA) is 79.0 Å². The molecule has 1 amide bonds. The van der Waals surface area contributed by atoms with Crippen molar-refractivity contribution in [3.63, 3.8) is 0 Å². The van der Waals surface area contributed by atoms with Crippen molar-refractivity contribution < 1.29 is 17.9 Å². The van der Waals surface area contributed by atoms with Gasteiger partial charge in [0, 0.05) is 38.3 Å². The monoisotopic (exact) mass is 395 g/mol. The third kappa shape index (κ3) is 5.21. The molecule has 8 heteroatoms. The summed E-state index contributed by atoms with van der Waals surface area (Å²) in [6.07, 6.45) is 2.03. The van der Waals surface area contributed by atoms with Gasteiger partial charge in [0.15, 0.2) is 0 Å². The van der Waals surface area contributed by atoms with E-state index in [2.05, 4.69) is 24.1 Å². The SMILES string of the molecule is CC1CN(CCCNC(=O)c2ccc(N3CCCS3(=O)=O)cc2)CC(C)O1. The summed E-state index contributed by atoms with van der Waals surface area (Å²) < 4.78 is 31.1. The van der Waals surface area contributed by atoms with E-state index < -0.39 is 10.0 Å². The molecule has 2 heterocycles. The van der Waals surface area contributed by atoms with Gasteiger partial charge in [0.2, 0.25) is 10.0 Å². The normalized spacial score (nSPS) is 25.5. The Kier molecular flexibility index (Phi) is 6.39. The van der Waals surface area contributed by atoms with E-state index in [-0.39, 0.29) is 23.9 Å². The van der Waals surface area contributed by atoms with Gasteiger partial charge in [0.1, 0.15) is 0 Å². The molecule has 2 aliphatic heterocycles. The summed E-state index contributed by atoms with van der Waals surface area (Å²) in [5, 5.41) is 2.94. The van der Waals surface area contributed by atoms with E-state index in [4.69, 9.17) is 4.74 Å². The van der Waals surface area contributed by atoms with Crippen molar-refractivity contribution >= 4 is 21.6 Å². The molecule has 3 rings (SSSR count). The highest BCUT2D eigenvalue weighted by Crippen LogP contribution is 2.24. The van der Waals surface area contributed by atoms with Crippen LogP contribution in [0.5, 0.6) is 0 Å². The van der Waals surface area contributed by atoms with Crippen LogP contribution in [0.25, 0.3) is 0 Å². The molecule has 0 aromatic heterocycles. The molecule has 27 heavy (non-hydrogen) atoms. The Morgan fingerprint density at radius 1 is 1.19 bits per heavy atom. The number of amides is 1. The number of ether oxygens (including phenoxy) is 1. The largest absolute Gasteiger partial charge is 0.373 e. The average molecular weight is 396 g/mol. The summed E-state index contributed by atoms with van der Waals surface area (Å²) in [5.41, 5.74) is 1.17. The van der Waals surface area contributed by atoms with Crippen molar-refractivity contribution in [2.45, 2.75) is 38.9 Å². The summed E-state index contributed by atoms with van der Waals surface area (Å²) in [7, 11) is -3.19. The van der Waals surface area contributed by atoms with E-state index in [1.54, 1.807) is 24.3 Å². The maximum atomic E-state index is 12.3. The van der Waals surface area contributed by atoms with Crippen molar-refractivity contribution in [2.24, 2.45) is 0 Å². The van der Waals surface area contributed by atoms with Gasteiger partial charge in [0.25, 0.3) is 5.91 Å². The van der Waals surface area contributed by atoms with Crippen LogP contribution in [0.1, 0.15) is 37.0 Å². The van der Waals surface area contributed by atoms with Crippen molar-refractivity contribution in [1.82, 2.24) is 10.2 Å². The van der Waals surface area contributed by atoms with Crippen LogP contribution in [-0.2, 0) is 14.8 Å². The van der Waals surface area contributed by atoms with Gasteiger partial charge in [-0.25, -0.2) is 8.42 Å². The quantitative estimate of drug-likeness (QED) is 0.738. The summed E-state index contributed by atoms with van der Waals surface area (Å²) in [5.74, 6) is 0.0604. The number of anilines is 1. The molecule has 1 aromatic carbocycles. The lowest BCUT2D eigenvalue weighted by molar-refractivity contribution is -0.0679. The molecule has 0 saturated carbocycles. The number of hydrogen-bond donors (Lipinski definition) is 1. The van der Waals surface area contributed by atoms with Crippen molar-refractivity contribution in [3.8, 4) is 0 Å². The van der Waals surface area contributed by atoms with E-state index in [0.717, 1.165) is 26.1 Å². The number of carbonyl (C=O) groups is 1. The predicted molar refractivity (Wildman–Crippen MR) is 106 cm³/mol. The van der Waals surface area contributed by atoms with Gasteiger partial charge < -0.3 is 10.1 Å². The fraction of sp³-hybridized carbons (Fsp3) is 0.632. The maximum absolute atomic E-state index is 12.3. The Bertz CT molecular complexity index is 741. The number of rotatable bonds is 6. The summed E-state index contributed by atoms with van der Waals surface area (Å²) in [6, 6.07) is 6.77. The lowest BCUT2D eigenvalue weighted by atomic mass is 10.2. The lowest BCUT2D eigenvalue weighted by Crippen LogP contribution is -2.46. The number of sulfonamides is 1. The van der Waals surface area contributed by atoms with Crippen LogP contribution in [-0.4, -0.2) is 69.9 Å². The zero-order valence-electron chi connectivity index (χ0n) is 16.1. The van der Waals surface area contributed by atoms with Crippen LogP contribution in [0.15, 0.2) is 24.3 Å². The van der Waals surface area contributed by atoms with Crippen LogP contribution in [0.3, 0.4) is 0 Å². The van der Waals surface area contributed by atoms with E-state index in [0.29, 0.717) is 30.8 Å². The van der Waals surface area contributed by atoms with E-state index in [9.17, 15) is 13.2 Å². The molecule has 0 bridgehead atoms. The second-order valence-corrected chi connectivity index (χ2v) is 9.43. The van der Waals surface area contributed by atoms with Crippen LogP contribution < -0.4 is 9.62 Å². The van der Waals surface area contributed by atoms with E-state index in [1.165, 1.54) is 4.31 Å². The molecule has 2 unspecified atom stereocenters. The minimum absolute atomic E-state index is 0.130.